The molecule has 1 saturated heterocycles. The maximum Gasteiger partial charge on any atom is 0.417 e. The van der Waals surface area contributed by atoms with Gasteiger partial charge in [-0.25, -0.2) is 22.9 Å². The Hall–Kier alpha value is -2.05. The molecule has 1 aromatic carbocycles. The SMILES string of the molecule is CC1CN(C(=O)OC(C)(C)C)C(=O)C1Cc1cc(F)c(F)c(F)c1. The van der Waals surface area contributed by atoms with Crippen molar-refractivity contribution in [1.29, 1.82) is 0 Å². The maximum atomic E-state index is 13.3. The van der Waals surface area contributed by atoms with E-state index >= 15 is 0 Å². The second-order valence-electron chi connectivity index (χ2n) is 7.09. The zero-order chi connectivity index (χ0) is 18.2. The number of imide groups is 1. The molecule has 1 aliphatic rings. The first-order chi connectivity index (χ1) is 11.0. The molecule has 0 bridgehead atoms. The first-order valence-corrected chi connectivity index (χ1v) is 7.67. The van der Waals surface area contributed by atoms with E-state index in [0.29, 0.717) is 0 Å². The lowest BCUT2D eigenvalue weighted by Crippen LogP contribution is -2.38. The summed E-state index contributed by atoms with van der Waals surface area (Å²) in [6.07, 6.45) is -0.716. The molecule has 24 heavy (non-hydrogen) atoms. The van der Waals surface area contributed by atoms with E-state index in [9.17, 15) is 22.8 Å². The van der Waals surface area contributed by atoms with Gasteiger partial charge in [0.15, 0.2) is 17.5 Å². The van der Waals surface area contributed by atoms with E-state index in [-0.39, 0.29) is 24.4 Å². The summed E-state index contributed by atoms with van der Waals surface area (Å²) < 4.78 is 44.8. The highest BCUT2D eigenvalue weighted by Crippen LogP contribution is 2.30. The monoisotopic (exact) mass is 343 g/mol. The Morgan fingerprint density at radius 2 is 1.79 bits per heavy atom. The van der Waals surface area contributed by atoms with Crippen LogP contribution in [0.4, 0.5) is 18.0 Å². The number of halogens is 3. The molecule has 1 fully saturated rings. The highest BCUT2D eigenvalue weighted by atomic mass is 19.2. The fourth-order valence-electron chi connectivity index (χ4n) is 2.70. The minimum absolute atomic E-state index is 0.0212. The van der Waals surface area contributed by atoms with Crippen LogP contribution in [0.1, 0.15) is 33.3 Å². The molecule has 2 rings (SSSR count). The first-order valence-electron chi connectivity index (χ1n) is 7.67. The minimum atomic E-state index is -1.54. The molecule has 0 saturated carbocycles. The van der Waals surface area contributed by atoms with Gasteiger partial charge in [-0.3, -0.25) is 4.79 Å². The third-order valence-electron chi connectivity index (χ3n) is 3.85. The minimum Gasteiger partial charge on any atom is -0.443 e. The summed E-state index contributed by atoms with van der Waals surface area (Å²) in [7, 11) is 0. The van der Waals surface area contributed by atoms with Gasteiger partial charge in [-0.05, 0) is 50.8 Å². The van der Waals surface area contributed by atoms with E-state index in [0.717, 1.165) is 17.0 Å². The van der Waals surface area contributed by atoms with Gasteiger partial charge in [-0.15, -0.1) is 0 Å². The van der Waals surface area contributed by atoms with Gasteiger partial charge in [0, 0.05) is 12.5 Å². The molecular weight excluding hydrogens is 323 g/mol. The molecule has 1 aliphatic heterocycles. The smallest absolute Gasteiger partial charge is 0.417 e. The maximum absolute atomic E-state index is 13.3. The van der Waals surface area contributed by atoms with E-state index in [1.54, 1.807) is 27.7 Å². The number of likely N-dealkylation sites (tertiary alicyclic amines) is 1. The number of hydrogen-bond donors (Lipinski definition) is 0. The second-order valence-corrected chi connectivity index (χ2v) is 7.09. The summed E-state index contributed by atoms with van der Waals surface area (Å²) in [6, 6.07) is 1.74. The molecule has 2 unspecified atom stereocenters. The molecule has 1 heterocycles. The number of carbonyl (C=O) groups is 2. The molecule has 0 radical (unpaired) electrons. The van der Waals surface area contributed by atoms with Gasteiger partial charge in [-0.2, -0.15) is 0 Å². The van der Waals surface area contributed by atoms with Crippen LogP contribution in [0.3, 0.4) is 0 Å². The van der Waals surface area contributed by atoms with Crippen LogP contribution < -0.4 is 0 Å². The van der Waals surface area contributed by atoms with Crippen molar-refractivity contribution >= 4 is 12.0 Å². The Bertz CT molecular complexity index is 647. The molecule has 2 amide bonds. The molecule has 2 atom stereocenters. The number of benzene rings is 1. The molecular formula is C17H20F3NO3. The van der Waals surface area contributed by atoms with Crippen LogP contribution in [0.25, 0.3) is 0 Å². The van der Waals surface area contributed by atoms with E-state index < -0.39 is 41.0 Å². The standard InChI is InChI=1S/C17H20F3NO3/c1-9-8-21(16(23)24-17(2,3)4)15(22)11(9)5-10-6-12(18)14(20)13(19)7-10/h6-7,9,11H,5,8H2,1-4H3. The molecule has 4 nitrogen and oxygen atoms in total. The van der Waals surface area contributed by atoms with Crippen molar-refractivity contribution in [2.45, 2.75) is 39.7 Å². The molecule has 132 valence electrons. The van der Waals surface area contributed by atoms with Crippen LogP contribution in [0.15, 0.2) is 12.1 Å². The lowest BCUT2D eigenvalue weighted by atomic mass is 9.90. The molecule has 0 aliphatic carbocycles. The Balaban J connectivity index is 2.15. The van der Waals surface area contributed by atoms with Gasteiger partial charge >= 0.3 is 6.09 Å². The summed E-state index contributed by atoms with van der Waals surface area (Å²) in [6.45, 7) is 7.01. The highest BCUT2D eigenvalue weighted by Gasteiger charge is 2.42. The Labute approximate surface area is 138 Å². The Kier molecular flexibility index (Phi) is 4.92. The van der Waals surface area contributed by atoms with Crippen molar-refractivity contribution in [2.75, 3.05) is 6.54 Å². The zero-order valence-corrected chi connectivity index (χ0v) is 14.0. The summed E-state index contributed by atoms with van der Waals surface area (Å²) in [5, 5.41) is 0. The number of ether oxygens (including phenoxy) is 1. The van der Waals surface area contributed by atoms with Gasteiger partial charge in [0.1, 0.15) is 5.60 Å². The fourth-order valence-corrected chi connectivity index (χ4v) is 2.70. The van der Waals surface area contributed by atoms with Crippen LogP contribution >= 0.6 is 0 Å². The van der Waals surface area contributed by atoms with Gasteiger partial charge in [0.2, 0.25) is 5.91 Å². The Morgan fingerprint density at radius 1 is 1.25 bits per heavy atom. The molecule has 0 spiro atoms. The highest BCUT2D eigenvalue weighted by molar-refractivity contribution is 5.95. The average molecular weight is 343 g/mol. The lowest BCUT2D eigenvalue weighted by Gasteiger charge is -2.23. The lowest BCUT2D eigenvalue weighted by molar-refractivity contribution is -0.130. The van der Waals surface area contributed by atoms with Gasteiger partial charge < -0.3 is 4.74 Å². The molecule has 0 aromatic heterocycles. The van der Waals surface area contributed by atoms with Crippen molar-refractivity contribution in [3.8, 4) is 0 Å². The quantitative estimate of drug-likeness (QED) is 0.770. The van der Waals surface area contributed by atoms with Crippen molar-refractivity contribution < 1.29 is 27.5 Å². The van der Waals surface area contributed by atoms with E-state index in [1.165, 1.54) is 0 Å². The predicted octanol–water partition coefficient (Wildman–Crippen LogP) is 3.68. The fraction of sp³-hybridized carbons (Fsp3) is 0.529. The number of nitrogens with zero attached hydrogens (tertiary/aromatic N) is 1. The third-order valence-corrected chi connectivity index (χ3v) is 3.85. The third kappa shape index (κ3) is 3.88. The van der Waals surface area contributed by atoms with Gasteiger partial charge in [0.25, 0.3) is 0 Å². The van der Waals surface area contributed by atoms with E-state index in [4.69, 9.17) is 4.74 Å². The molecule has 1 aromatic rings. The van der Waals surface area contributed by atoms with Crippen LogP contribution in [0.2, 0.25) is 0 Å². The summed E-state index contributed by atoms with van der Waals surface area (Å²) >= 11 is 0. The predicted molar refractivity (Wildman–Crippen MR) is 80.6 cm³/mol. The number of hydrogen-bond acceptors (Lipinski definition) is 3. The van der Waals surface area contributed by atoms with Gasteiger partial charge in [0.05, 0.1) is 0 Å². The summed E-state index contributed by atoms with van der Waals surface area (Å²) in [4.78, 5) is 25.5. The summed E-state index contributed by atoms with van der Waals surface area (Å²) in [5.41, 5.74) is -0.565. The number of amides is 2. The van der Waals surface area contributed by atoms with Crippen molar-refractivity contribution in [3.63, 3.8) is 0 Å². The largest absolute Gasteiger partial charge is 0.443 e. The van der Waals surface area contributed by atoms with E-state index in [2.05, 4.69) is 0 Å². The Morgan fingerprint density at radius 3 is 2.29 bits per heavy atom. The van der Waals surface area contributed by atoms with Crippen LogP contribution in [-0.4, -0.2) is 29.0 Å². The van der Waals surface area contributed by atoms with Crippen LogP contribution in [0.5, 0.6) is 0 Å². The normalized spacial score (nSPS) is 21.3. The molecule has 0 N–H and O–H groups in total. The first kappa shape index (κ1) is 18.3. The number of carbonyl (C=O) groups excluding carboxylic acids is 2. The van der Waals surface area contributed by atoms with Crippen LogP contribution in [-0.2, 0) is 16.0 Å². The average Bonchev–Trinajstić information content (AvgIpc) is 2.71. The van der Waals surface area contributed by atoms with Crippen molar-refractivity contribution in [1.82, 2.24) is 4.90 Å². The number of rotatable bonds is 2. The van der Waals surface area contributed by atoms with Crippen LogP contribution in [0, 0.1) is 29.3 Å². The van der Waals surface area contributed by atoms with E-state index in [1.807, 2.05) is 0 Å². The van der Waals surface area contributed by atoms with Crippen molar-refractivity contribution in [3.05, 3.63) is 35.1 Å². The second kappa shape index (κ2) is 6.45. The zero-order valence-electron chi connectivity index (χ0n) is 14.0. The van der Waals surface area contributed by atoms with Crippen molar-refractivity contribution in [2.24, 2.45) is 11.8 Å². The molecule has 7 heteroatoms. The topological polar surface area (TPSA) is 46.6 Å². The van der Waals surface area contributed by atoms with Gasteiger partial charge in [-0.1, -0.05) is 6.92 Å². The summed E-state index contributed by atoms with van der Waals surface area (Å²) in [5.74, 6) is -5.43.